The molecule has 0 atom stereocenters. The predicted molar refractivity (Wildman–Crippen MR) is 96.0 cm³/mol. The minimum absolute atomic E-state index is 0.160. The van der Waals surface area contributed by atoms with Crippen molar-refractivity contribution in [3.05, 3.63) is 59.2 Å². The number of benzene rings is 2. The van der Waals surface area contributed by atoms with Gasteiger partial charge in [0.05, 0.1) is 5.56 Å². The molecule has 2 amide bonds. The minimum atomic E-state index is -0.737. The maximum atomic E-state index is 11.8. The Kier molecular flexibility index (Phi) is 6.32. The van der Waals surface area contributed by atoms with Crippen molar-refractivity contribution in [2.24, 2.45) is 5.73 Å². The molecule has 3 N–H and O–H groups in total. The van der Waals surface area contributed by atoms with Gasteiger partial charge in [0.15, 0.2) is 13.2 Å². The van der Waals surface area contributed by atoms with E-state index in [-0.39, 0.29) is 11.3 Å². The number of nitrogens with one attached hydrogen (secondary N) is 1. The Balaban J connectivity index is 1.80. The Labute approximate surface area is 151 Å². The van der Waals surface area contributed by atoms with Crippen LogP contribution in [0.15, 0.2) is 42.5 Å². The Hall–Kier alpha value is -3.35. The summed E-state index contributed by atoms with van der Waals surface area (Å²) in [6, 6.07) is 11.8. The fourth-order valence-electron chi connectivity index (χ4n) is 2.14. The normalized spacial score (nSPS) is 10.1. The van der Waals surface area contributed by atoms with E-state index in [9.17, 15) is 14.4 Å². The molecule has 2 aromatic carbocycles. The highest BCUT2D eigenvalue weighted by molar-refractivity contribution is 5.95. The molecular weight excluding hydrogens is 336 g/mol. The minimum Gasteiger partial charge on any atom is -0.481 e. The molecule has 7 heteroatoms. The zero-order valence-corrected chi connectivity index (χ0v) is 14.6. The smallest absolute Gasteiger partial charge is 0.344 e. The number of ether oxygens (including phenoxy) is 2. The summed E-state index contributed by atoms with van der Waals surface area (Å²) in [4.78, 5) is 34.8. The summed E-state index contributed by atoms with van der Waals surface area (Å²) in [5.41, 5.74) is 8.17. The van der Waals surface area contributed by atoms with Gasteiger partial charge in [-0.15, -0.1) is 0 Å². The number of primary amides is 1. The second-order valence-corrected chi connectivity index (χ2v) is 5.66. The van der Waals surface area contributed by atoms with Crippen molar-refractivity contribution in [2.75, 3.05) is 18.5 Å². The van der Waals surface area contributed by atoms with Gasteiger partial charge >= 0.3 is 5.97 Å². The summed E-state index contributed by atoms with van der Waals surface area (Å²) in [6.45, 7) is 3.03. The molecule has 2 rings (SSSR count). The van der Waals surface area contributed by atoms with E-state index in [0.717, 1.165) is 11.1 Å². The van der Waals surface area contributed by atoms with Crippen LogP contribution in [0.2, 0.25) is 0 Å². The first-order valence-corrected chi connectivity index (χ1v) is 7.91. The lowest BCUT2D eigenvalue weighted by molar-refractivity contribution is -0.149. The number of amides is 2. The van der Waals surface area contributed by atoms with Crippen molar-refractivity contribution < 1.29 is 23.9 Å². The zero-order valence-electron chi connectivity index (χ0n) is 14.6. The molecule has 0 aliphatic heterocycles. The molecule has 0 aromatic heterocycles. The fraction of sp³-hybridized carbons (Fsp3) is 0.211. The number of carbonyl (C=O) groups excluding carboxylic acids is 3. The summed E-state index contributed by atoms with van der Waals surface area (Å²) < 4.78 is 10.1. The van der Waals surface area contributed by atoms with Crippen molar-refractivity contribution in [1.82, 2.24) is 0 Å². The number of carbonyl (C=O) groups is 3. The average Bonchev–Trinajstić information content (AvgIpc) is 2.61. The molecule has 136 valence electrons. The number of nitrogens with two attached hydrogens (primary N) is 1. The molecule has 0 fully saturated rings. The highest BCUT2D eigenvalue weighted by Crippen LogP contribution is 2.17. The van der Waals surface area contributed by atoms with E-state index in [0.29, 0.717) is 5.69 Å². The summed E-state index contributed by atoms with van der Waals surface area (Å²) in [5.74, 6) is -1.68. The monoisotopic (exact) mass is 356 g/mol. The van der Waals surface area contributed by atoms with Gasteiger partial charge < -0.3 is 20.5 Å². The van der Waals surface area contributed by atoms with Gasteiger partial charge in [-0.3, -0.25) is 9.59 Å². The van der Waals surface area contributed by atoms with E-state index < -0.39 is 31.0 Å². The molecule has 0 aliphatic rings. The number of hydrogen-bond donors (Lipinski definition) is 2. The molecule has 26 heavy (non-hydrogen) atoms. The number of esters is 1. The second-order valence-electron chi connectivity index (χ2n) is 5.66. The molecule has 0 unspecified atom stereocenters. The second kappa shape index (κ2) is 8.66. The molecule has 7 nitrogen and oxygen atoms in total. The van der Waals surface area contributed by atoms with Crippen LogP contribution in [-0.2, 0) is 14.3 Å². The molecule has 0 spiro atoms. The maximum Gasteiger partial charge on any atom is 0.344 e. The number of rotatable bonds is 7. The Bertz CT molecular complexity index is 832. The van der Waals surface area contributed by atoms with Crippen LogP contribution in [0.4, 0.5) is 5.69 Å². The van der Waals surface area contributed by atoms with E-state index in [1.54, 1.807) is 18.2 Å². The lowest BCUT2D eigenvalue weighted by atomic mass is 10.1. The number of aryl methyl sites for hydroxylation is 2. The van der Waals surface area contributed by atoms with Crippen LogP contribution in [0.5, 0.6) is 5.75 Å². The largest absolute Gasteiger partial charge is 0.481 e. The Morgan fingerprint density at radius 3 is 2.42 bits per heavy atom. The molecule has 0 aliphatic carbocycles. The highest BCUT2D eigenvalue weighted by atomic mass is 16.6. The van der Waals surface area contributed by atoms with Gasteiger partial charge in [-0.2, -0.15) is 0 Å². The van der Waals surface area contributed by atoms with Gasteiger partial charge in [0.1, 0.15) is 5.75 Å². The van der Waals surface area contributed by atoms with Crippen molar-refractivity contribution in [2.45, 2.75) is 13.8 Å². The van der Waals surface area contributed by atoms with E-state index in [1.165, 1.54) is 12.1 Å². The van der Waals surface area contributed by atoms with Gasteiger partial charge in [-0.05, 0) is 49.2 Å². The van der Waals surface area contributed by atoms with E-state index in [1.807, 2.05) is 26.0 Å². The first-order chi connectivity index (χ1) is 12.4. The van der Waals surface area contributed by atoms with Crippen LogP contribution in [0.3, 0.4) is 0 Å². The molecule has 0 radical (unpaired) electrons. The molecule has 0 bridgehead atoms. The van der Waals surface area contributed by atoms with E-state index in [4.69, 9.17) is 15.2 Å². The van der Waals surface area contributed by atoms with Crippen LogP contribution < -0.4 is 15.8 Å². The third kappa shape index (κ3) is 5.34. The van der Waals surface area contributed by atoms with Crippen LogP contribution in [0.25, 0.3) is 0 Å². The van der Waals surface area contributed by atoms with E-state index in [2.05, 4.69) is 5.32 Å². The molecule has 2 aromatic rings. The third-order valence-corrected chi connectivity index (χ3v) is 3.65. The van der Waals surface area contributed by atoms with Crippen molar-refractivity contribution in [1.29, 1.82) is 0 Å². The molecule has 0 saturated carbocycles. The summed E-state index contributed by atoms with van der Waals surface area (Å²) in [7, 11) is 0. The lowest BCUT2D eigenvalue weighted by Gasteiger charge is -2.10. The van der Waals surface area contributed by atoms with Gasteiger partial charge in [-0.25, -0.2) is 4.79 Å². The number of anilines is 1. The van der Waals surface area contributed by atoms with Gasteiger partial charge in [-0.1, -0.05) is 18.2 Å². The molecular formula is C19H20N2O5. The lowest BCUT2D eigenvalue weighted by Crippen LogP contribution is -2.24. The van der Waals surface area contributed by atoms with Gasteiger partial charge in [0.2, 0.25) is 0 Å². The van der Waals surface area contributed by atoms with Crippen LogP contribution in [-0.4, -0.2) is 31.0 Å². The standard InChI is InChI=1S/C19H20N2O5/c1-12-7-8-14(9-13(12)2)21-17(22)10-26-18(23)11-25-16-6-4-3-5-15(16)19(20)24/h3-9H,10-11H2,1-2H3,(H2,20,24)(H,21,22). The predicted octanol–water partition coefficient (Wildman–Crippen LogP) is 1.96. The third-order valence-electron chi connectivity index (χ3n) is 3.65. The Morgan fingerprint density at radius 1 is 1.00 bits per heavy atom. The van der Waals surface area contributed by atoms with Gasteiger partial charge in [0.25, 0.3) is 11.8 Å². The topological polar surface area (TPSA) is 108 Å². The van der Waals surface area contributed by atoms with Crippen LogP contribution >= 0.6 is 0 Å². The van der Waals surface area contributed by atoms with Gasteiger partial charge in [0, 0.05) is 5.69 Å². The SMILES string of the molecule is Cc1ccc(NC(=O)COC(=O)COc2ccccc2C(N)=O)cc1C. The number of hydrogen-bond acceptors (Lipinski definition) is 5. The fourth-order valence-corrected chi connectivity index (χ4v) is 2.14. The highest BCUT2D eigenvalue weighted by Gasteiger charge is 2.12. The quantitative estimate of drug-likeness (QED) is 0.738. The summed E-state index contributed by atoms with van der Waals surface area (Å²) >= 11 is 0. The zero-order chi connectivity index (χ0) is 19.1. The molecule has 0 saturated heterocycles. The van der Waals surface area contributed by atoms with Crippen molar-refractivity contribution >= 4 is 23.5 Å². The van der Waals surface area contributed by atoms with Crippen LogP contribution in [0.1, 0.15) is 21.5 Å². The van der Waals surface area contributed by atoms with Crippen molar-refractivity contribution in [3.8, 4) is 5.75 Å². The Morgan fingerprint density at radius 2 is 1.73 bits per heavy atom. The van der Waals surface area contributed by atoms with Crippen LogP contribution in [0, 0.1) is 13.8 Å². The summed E-state index contributed by atoms with van der Waals surface area (Å²) in [6.07, 6.45) is 0. The first kappa shape index (κ1) is 19.0. The molecule has 0 heterocycles. The maximum absolute atomic E-state index is 11.8. The first-order valence-electron chi connectivity index (χ1n) is 7.91. The average molecular weight is 356 g/mol. The van der Waals surface area contributed by atoms with E-state index >= 15 is 0 Å². The van der Waals surface area contributed by atoms with Crippen molar-refractivity contribution in [3.63, 3.8) is 0 Å². The number of para-hydroxylation sites is 1. The summed E-state index contributed by atoms with van der Waals surface area (Å²) in [5, 5.41) is 2.65.